The number of amides is 3. The van der Waals surface area contributed by atoms with Gasteiger partial charge in [0.2, 0.25) is 11.8 Å². The average Bonchev–Trinajstić information content (AvgIpc) is 3.66. The Hall–Kier alpha value is -5.23. The number of benzene rings is 5. The quantitative estimate of drug-likeness (QED) is 0.138. The largest absolute Gasteiger partial charge is 0.369 e. The standard InChI is InChI=1S/C45H47N3O3/c1-2-3-19-39(43(46)49)40(27-30-13-4-5-14-30)44(50)47-42-38-22-9-8-20-36(38)37-21-10-11-23-41(37)48(45(42)51)29-31-15-12-18-33(26-31)35-25-24-32-16-6-7-17-34(32)28-35/h6-12,15-18,20-26,28,30,39-40,42H,2-5,13-14,19,27,29H2,1H3,(H2,46,49)(H,47,50)/t39-,40+,42?/m0/s1. The van der Waals surface area contributed by atoms with Crippen molar-refractivity contribution in [1.82, 2.24) is 5.32 Å². The Kier molecular flexibility index (Phi) is 10.3. The molecule has 260 valence electrons. The summed E-state index contributed by atoms with van der Waals surface area (Å²) in [6.45, 7) is 2.40. The van der Waals surface area contributed by atoms with Crippen molar-refractivity contribution in [2.45, 2.75) is 70.9 Å². The number of hydrogen-bond acceptors (Lipinski definition) is 3. The SMILES string of the molecule is CCCC[C@H](C(N)=O)[C@@H](CC1CCCC1)C(=O)NC1C(=O)N(Cc2cccc(-c3ccc4ccccc4c3)c2)c2ccccc2-c2ccccc21. The van der Waals surface area contributed by atoms with Gasteiger partial charge in [-0.1, -0.05) is 143 Å². The molecular weight excluding hydrogens is 631 g/mol. The number of nitrogens with one attached hydrogen (secondary N) is 1. The van der Waals surface area contributed by atoms with Gasteiger partial charge in [-0.15, -0.1) is 0 Å². The van der Waals surface area contributed by atoms with Crippen LogP contribution in [0.5, 0.6) is 0 Å². The van der Waals surface area contributed by atoms with E-state index < -0.39 is 23.8 Å². The fourth-order valence-corrected chi connectivity index (χ4v) is 8.32. The molecule has 3 N–H and O–H groups in total. The topological polar surface area (TPSA) is 92.5 Å². The van der Waals surface area contributed by atoms with E-state index in [2.05, 4.69) is 60.8 Å². The average molecular weight is 678 g/mol. The first-order valence-electron chi connectivity index (χ1n) is 18.6. The molecule has 1 saturated carbocycles. The van der Waals surface area contributed by atoms with Gasteiger partial charge in [-0.25, -0.2) is 0 Å². The number of hydrogen-bond donors (Lipinski definition) is 2. The van der Waals surface area contributed by atoms with Crippen LogP contribution in [0.2, 0.25) is 0 Å². The van der Waals surface area contributed by atoms with Crippen molar-refractivity contribution in [3.05, 3.63) is 126 Å². The smallest absolute Gasteiger partial charge is 0.254 e. The van der Waals surface area contributed by atoms with Gasteiger partial charge in [-0.3, -0.25) is 14.4 Å². The second-order valence-electron chi connectivity index (χ2n) is 14.4. The van der Waals surface area contributed by atoms with Crippen molar-refractivity contribution in [3.63, 3.8) is 0 Å². The van der Waals surface area contributed by atoms with Crippen LogP contribution in [0.4, 0.5) is 5.69 Å². The summed E-state index contributed by atoms with van der Waals surface area (Å²) in [6.07, 6.45) is 7.28. The number of fused-ring (bicyclic) bond motifs is 4. The Morgan fingerprint density at radius 1 is 0.784 bits per heavy atom. The zero-order valence-corrected chi connectivity index (χ0v) is 29.4. The number of anilines is 1. The lowest BCUT2D eigenvalue weighted by Gasteiger charge is -2.30. The molecule has 2 aliphatic rings. The van der Waals surface area contributed by atoms with Gasteiger partial charge >= 0.3 is 0 Å². The highest BCUT2D eigenvalue weighted by Gasteiger charge is 2.40. The summed E-state index contributed by atoms with van der Waals surface area (Å²) in [6, 6.07) is 38.0. The Bertz CT molecular complexity index is 2050. The zero-order chi connectivity index (χ0) is 35.3. The molecule has 6 nitrogen and oxygen atoms in total. The van der Waals surface area contributed by atoms with Crippen molar-refractivity contribution in [3.8, 4) is 22.3 Å². The first kappa shape index (κ1) is 34.2. The van der Waals surface area contributed by atoms with Crippen molar-refractivity contribution < 1.29 is 14.4 Å². The van der Waals surface area contributed by atoms with E-state index in [9.17, 15) is 14.4 Å². The van der Waals surface area contributed by atoms with Crippen molar-refractivity contribution in [2.24, 2.45) is 23.5 Å². The molecule has 6 heteroatoms. The van der Waals surface area contributed by atoms with E-state index in [-0.39, 0.29) is 11.8 Å². The third kappa shape index (κ3) is 7.32. The van der Waals surface area contributed by atoms with Gasteiger partial charge in [0.05, 0.1) is 12.2 Å². The zero-order valence-electron chi connectivity index (χ0n) is 29.4. The van der Waals surface area contributed by atoms with E-state index in [1.807, 2.05) is 71.6 Å². The van der Waals surface area contributed by atoms with Gasteiger partial charge in [0.25, 0.3) is 5.91 Å². The number of rotatable bonds is 12. The summed E-state index contributed by atoms with van der Waals surface area (Å²) in [5.41, 5.74) is 12.5. The minimum absolute atomic E-state index is 0.208. The van der Waals surface area contributed by atoms with Gasteiger partial charge in [0.15, 0.2) is 0 Å². The molecule has 3 amide bonds. The summed E-state index contributed by atoms with van der Waals surface area (Å²) in [7, 11) is 0. The summed E-state index contributed by atoms with van der Waals surface area (Å²) < 4.78 is 0. The molecule has 0 saturated heterocycles. The van der Waals surface area contributed by atoms with Crippen molar-refractivity contribution in [1.29, 1.82) is 0 Å². The van der Waals surface area contributed by atoms with Crippen LogP contribution >= 0.6 is 0 Å². The number of para-hydroxylation sites is 1. The first-order valence-corrected chi connectivity index (χ1v) is 18.6. The van der Waals surface area contributed by atoms with Gasteiger partial charge in [-0.2, -0.15) is 0 Å². The van der Waals surface area contributed by atoms with Crippen LogP contribution in [0.15, 0.2) is 115 Å². The molecular formula is C45H47N3O3. The molecule has 3 atom stereocenters. The van der Waals surface area contributed by atoms with Crippen LogP contribution in [-0.4, -0.2) is 17.7 Å². The minimum Gasteiger partial charge on any atom is -0.369 e. The van der Waals surface area contributed by atoms with Crippen LogP contribution in [0.1, 0.15) is 75.5 Å². The number of carbonyl (C=O) groups excluding carboxylic acids is 3. The number of unbranched alkanes of at least 4 members (excludes halogenated alkanes) is 1. The van der Waals surface area contributed by atoms with Crippen molar-refractivity contribution >= 4 is 34.2 Å². The van der Waals surface area contributed by atoms with Crippen LogP contribution < -0.4 is 16.0 Å². The van der Waals surface area contributed by atoms with Gasteiger partial charge in [0, 0.05) is 17.4 Å². The second-order valence-corrected chi connectivity index (χ2v) is 14.4. The molecule has 1 aliphatic heterocycles. The van der Waals surface area contributed by atoms with E-state index in [0.717, 1.165) is 77.6 Å². The maximum Gasteiger partial charge on any atom is 0.254 e. The molecule has 0 bridgehead atoms. The van der Waals surface area contributed by atoms with Crippen molar-refractivity contribution in [2.75, 3.05) is 4.90 Å². The van der Waals surface area contributed by atoms with Crippen LogP contribution in [0.3, 0.4) is 0 Å². The number of nitrogens with two attached hydrogens (primary N) is 1. The maximum atomic E-state index is 15.0. The Morgan fingerprint density at radius 2 is 1.49 bits per heavy atom. The third-order valence-corrected chi connectivity index (χ3v) is 11.0. The predicted molar refractivity (Wildman–Crippen MR) is 206 cm³/mol. The van der Waals surface area contributed by atoms with Crippen LogP contribution in [-0.2, 0) is 20.9 Å². The summed E-state index contributed by atoms with van der Waals surface area (Å²) >= 11 is 0. The normalized spacial score (nSPS) is 17.0. The predicted octanol–water partition coefficient (Wildman–Crippen LogP) is 9.37. The number of primary amides is 1. The lowest BCUT2D eigenvalue weighted by molar-refractivity contribution is -0.136. The second kappa shape index (κ2) is 15.3. The Labute approximate surface area is 301 Å². The molecule has 51 heavy (non-hydrogen) atoms. The van der Waals surface area contributed by atoms with E-state index in [4.69, 9.17) is 5.73 Å². The molecule has 7 rings (SSSR count). The molecule has 0 spiro atoms. The van der Waals surface area contributed by atoms with E-state index >= 15 is 0 Å². The lowest BCUT2D eigenvalue weighted by atomic mass is 9.79. The summed E-state index contributed by atoms with van der Waals surface area (Å²) in [4.78, 5) is 44.2. The molecule has 5 aromatic carbocycles. The molecule has 1 fully saturated rings. The van der Waals surface area contributed by atoms with Crippen LogP contribution in [0.25, 0.3) is 33.0 Å². The third-order valence-electron chi connectivity index (χ3n) is 11.0. The highest BCUT2D eigenvalue weighted by Crippen LogP contribution is 2.42. The minimum atomic E-state index is -0.935. The molecule has 5 aromatic rings. The fraction of sp³-hybridized carbons (Fsp3) is 0.311. The Balaban J connectivity index is 1.24. The van der Waals surface area contributed by atoms with E-state index in [0.29, 0.717) is 25.3 Å². The number of carbonyl (C=O) groups is 3. The summed E-state index contributed by atoms with van der Waals surface area (Å²) in [5, 5.41) is 5.58. The van der Waals surface area contributed by atoms with E-state index in [1.165, 1.54) is 10.8 Å². The fourth-order valence-electron chi connectivity index (χ4n) is 8.32. The molecule has 1 unspecified atom stereocenters. The maximum absolute atomic E-state index is 15.0. The molecule has 1 aliphatic carbocycles. The molecule has 1 heterocycles. The number of nitrogens with zero attached hydrogens (tertiary/aromatic N) is 1. The molecule has 0 radical (unpaired) electrons. The highest BCUT2D eigenvalue weighted by molar-refractivity contribution is 6.06. The Morgan fingerprint density at radius 3 is 2.27 bits per heavy atom. The molecule has 0 aromatic heterocycles. The van der Waals surface area contributed by atoms with Gasteiger partial charge in [0.1, 0.15) is 6.04 Å². The monoisotopic (exact) mass is 677 g/mol. The first-order chi connectivity index (χ1) is 24.9. The van der Waals surface area contributed by atoms with Gasteiger partial charge in [-0.05, 0) is 75.5 Å². The van der Waals surface area contributed by atoms with Gasteiger partial charge < -0.3 is 16.0 Å². The lowest BCUT2D eigenvalue weighted by Crippen LogP contribution is -2.47. The summed E-state index contributed by atoms with van der Waals surface area (Å²) in [5.74, 6) is -1.70. The van der Waals surface area contributed by atoms with E-state index in [1.54, 1.807) is 0 Å². The highest BCUT2D eigenvalue weighted by atomic mass is 16.2. The van der Waals surface area contributed by atoms with Crippen LogP contribution in [0, 0.1) is 17.8 Å².